The molecule has 1 fully saturated rings. The highest BCUT2D eigenvalue weighted by Gasteiger charge is 2.21. The molecule has 5 nitrogen and oxygen atoms in total. The maximum Gasteiger partial charge on any atom is 0.191 e. The van der Waals surface area contributed by atoms with E-state index in [-0.39, 0.29) is 35.8 Å². The molecule has 148 valence electrons. The number of nitrogens with one attached hydrogen (secondary N) is 2. The summed E-state index contributed by atoms with van der Waals surface area (Å²) in [7, 11) is -3.31. The van der Waals surface area contributed by atoms with Crippen molar-refractivity contribution in [2.75, 3.05) is 24.6 Å². The average molecular weight is 511 g/mol. The summed E-state index contributed by atoms with van der Waals surface area (Å²) in [5.74, 6) is 2.00. The van der Waals surface area contributed by atoms with E-state index in [2.05, 4.69) is 15.6 Å². The molecule has 1 aromatic rings. The Hall–Kier alpha value is -0.480. The molecule has 1 saturated heterocycles. The van der Waals surface area contributed by atoms with Crippen LogP contribution in [-0.2, 0) is 9.84 Å². The van der Waals surface area contributed by atoms with E-state index in [1.807, 2.05) is 31.7 Å². The van der Waals surface area contributed by atoms with Crippen molar-refractivity contribution in [1.29, 1.82) is 0 Å². The summed E-state index contributed by atoms with van der Waals surface area (Å²) < 4.78 is 25.2. The van der Waals surface area contributed by atoms with Gasteiger partial charge >= 0.3 is 0 Å². The molecule has 8 heteroatoms. The van der Waals surface area contributed by atoms with Crippen molar-refractivity contribution in [1.82, 2.24) is 10.6 Å². The summed E-state index contributed by atoms with van der Waals surface area (Å²) in [5, 5.41) is 7.12. The fourth-order valence-corrected chi connectivity index (χ4v) is 5.54. The van der Waals surface area contributed by atoms with Gasteiger partial charge < -0.3 is 10.6 Å². The van der Waals surface area contributed by atoms with Gasteiger partial charge in [0.2, 0.25) is 0 Å². The highest BCUT2D eigenvalue weighted by atomic mass is 127. The van der Waals surface area contributed by atoms with Gasteiger partial charge in [0.15, 0.2) is 15.8 Å². The number of rotatable bonds is 8. The maximum absolute atomic E-state index is 12.6. The Morgan fingerprint density at radius 2 is 2.04 bits per heavy atom. The Morgan fingerprint density at radius 1 is 1.31 bits per heavy atom. The summed E-state index contributed by atoms with van der Waals surface area (Å²) in [4.78, 5) is 5.04. The first-order chi connectivity index (χ1) is 12.0. The molecule has 0 amide bonds. The second-order valence-corrected chi connectivity index (χ2v) is 9.64. The zero-order valence-corrected chi connectivity index (χ0v) is 19.4. The van der Waals surface area contributed by atoms with Gasteiger partial charge in [0.05, 0.1) is 17.2 Å². The molecule has 2 rings (SSSR count). The number of hydrogen-bond acceptors (Lipinski definition) is 4. The van der Waals surface area contributed by atoms with Gasteiger partial charge in [-0.3, -0.25) is 4.99 Å². The van der Waals surface area contributed by atoms with Crippen molar-refractivity contribution in [3.05, 3.63) is 30.3 Å². The third-order valence-corrected chi connectivity index (χ3v) is 7.39. The fourth-order valence-electron chi connectivity index (χ4n) is 2.75. The lowest BCUT2D eigenvalue weighted by Gasteiger charge is -2.20. The predicted molar refractivity (Wildman–Crippen MR) is 123 cm³/mol. The molecule has 0 aliphatic carbocycles. The largest absolute Gasteiger partial charge is 0.357 e. The normalized spacial score (nSPS) is 18.8. The van der Waals surface area contributed by atoms with E-state index in [4.69, 9.17) is 0 Å². The number of benzene rings is 1. The molecule has 26 heavy (non-hydrogen) atoms. The van der Waals surface area contributed by atoms with Gasteiger partial charge in [0, 0.05) is 17.8 Å². The number of nitrogens with zero attached hydrogens (tertiary/aromatic N) is 1. The molecule has 0 aromatic heterocycles. The minimum Gasteiger partial charge on any atom is -0.357 e. The number of aliphatic imine (C=N–C) groups is 1. The van der Waals surface area contributed by atoms with Crippen LogP contribution >= 0.6 is 35.7 Å². The first-order valence-corrected chi connectivity index (χ1v) is 11.7. The van der Waals surface area contributed by atoms with Crippen LogP contribution in [-0.4, -0.2) is 50.3 Å². The van der Waals surface area contributed by atoms with Crippen LogP contribution in [0.5, 0.6) is 0 Å². The third-order valence-electron chi connectivity index (χ3n) is 4.18. The van der Waals surface area contributed by atoms with Crippen LogP contribution in [0.2, 0.25) is 0 Å². The Balaban J connectivity index is 0.00000338. The van der Waals surface area contributed by atoms with Crippen molar-refractivity contribution in [2.45, 2.75) is 49.3 Å². The van der Waals surface area contributed by atoms with Crippen molar-refractivity contribution >= 4 is 51.5 Å². The lowest BCUT2D eigenvalue weighted by molar-refractivity contribution is 0.568. The Bertz CT molecular complexity index is 648. The number of guanidine groups is 1. The predicted octanol–water partition coefficient (Wildman–Crippen LogP) is 3.31. The summed E-state index contributed by atoms with van der Waals surface area (Å²) in [6, 6.07) is 8.47. The number of hydrogen-bond donors (Lipinski definition) is 2. The van der Waals surface area contributed by atoms with E-state index in [0.29, 0.717) is 22.5 Å². The molecule has 2 unspecified atom stereocenters. The Kier molecular flexibility index (Phi) is 10.9. The van der Waals surface area contributed by atoms with E-state index in [9.17, 15) is 8.42 Å². The lowest BCUT2D eigenvalue weighted by Crippen LogP contribution is -2.46. The highest BCUT2D eigenvalue weighted by molar-refractivity contribution is 14.0. The van der Waals surface area contributed by atoms with E-state index >= 15 is 0 Å². The zero-order valence-electron chi connectivity index (χ0n) is 15.5. The summed E-state index contributed by atoms with van der Waals surface area (Å²) in [5.41, 5.74) is 0. The summed E-state index contributed by atoms with van der Waals surface area (Å²) in [6.07, 6.45) is 3.20. The van der Waals surface area contributed by atoms with Crippen molar-refractivity contribution in [3.8, 4) is 0 Å². The van der Waals surface area contributed by atoms with Gasteiger partial charge in [0.1, 0.15) is 0 Å². The van der Waals surface area contributed by atoms with Gasteiger partial charge in [0.25, 0.3) is 0 Å². The van der Waals surface area contributed by atoms with Gasteiger partial charge in [-0.1, -0.05) is 25.1 Å². The minimum absolute atomic E-state index is 0. The van der Waals surface area contributed by atoms with E-state index in [1.54, 1.807) is 24.3 Å². The van der Waals surface area contributed by atoms with E-state index in [1.165, 1.54) is 18.6 Å². The zero-order chi connectivity index (χ0) is 18.1. The smallest absolute Gasteiger partial charge is 0.191 e. The van der Waals surface area contributed by atoms with Crippen molar-refractivity contribution < 1.29 is 8.42 Å². The van der Waals surface area contributed by atoms with Crippen molar-refractivity contribution in [2.24, 2.45) is 4.99 Å². The summed E-state index contributed by atoms with van der Waals surface area (Å²) in [6.45, 7) is 5.55. The van der Waals surface area contributed by atoms with E-state index < -0.39 is 9.84 Å². The molecule has 1 aliphatic heterocycles. The number of sulfone groups is 1. The van der Waals surface area contributed by atoms with Crippen LogP contribution in [0.3, 0.4) is 0 Å². The van der Waals surface area contributed by atoms with Gasteiger partial charge in [-0.25, -0.2) is 8.42 Å². The van der Waals surface area contributed by atoms with Crippen LogP contribution in [0, 0.1) is 0 Å². The first-order valence-electron chi connectivity index (χ1n) is 8.99. The molecule has 1 aromatic carbocycles. The standard InChI is InChI=1S/C18H29N3O2S2.HI/c1-3-15(14-25(22,23)17-10-6-5-7-11-17)21-18(19-4-2)20-13-16-9-8-12-24-16;/h5-7,10-11,15-16H,3-4,8-9,12-14H2,1-2H3,(H2,19,20,21);1H. The molecular weight excluding hydrogens is 481 g/mol. The topological polar surface area (TPSA) is 70.6 Å². The maximum atomic E-state index is 12.6. The third kappa shape index (κ3) is 7.64. The lowest BCUT2D eigenvalue weighted by atomic mass is 10.2. The number of halogens is 1. The van der Waals surface area contributed by atoms with Crippen molar-refractivity contribution in [3.63, 3.8) is 0 Å². The van der Waals surface area contributed by atoms with Crippen LogP contribution in [0.4, 0.5) is 0 Å². The Morgan fingerprint density at radius 3 is 2.62 bits per heavy atom. The van der Waals surface area contributed by atoms with Gasteiger partial charge in [-0.05, 0) is 44.1 Å². The van der Waals surface area contributed by atoms with Crippen LogP contribution < -0.4 is 10.6 Å². The van der Waals surface area contributed by atoms with Gasteiger partial charge in [-0.15, -0.1) is 24.0 Å². The molecule has 0 radical (unpaired) electrons. The van der Waals surface area contributed by atoms with E-state index in [0.717, 1.165) is 13.1 Å². The van der Waals surface area contributed by atoms with Crippen LogP contribution in [0.15, 0.2) is 40.2 Å². The quantitative estimate of drug-likeness (QED) is 0.319. The average Bonchev–Trinajstić information content (AvgIpc) is 3.13. The summed E-state index contributed by atoms with van der Waals surface area (Å²) >= 11 is 1.98. The molecule has 1 aliphatic rings. The number of thioether (sulfide) groups is 1. The molecule has 2 atom stereocenters. The first kappa shape index (κ1) is 23.6. The molecule has 0 spiro atoms. The highest BCUT2D eigenvalue weighted by Crippen LogP contribution is 2.26. The minimum atomic E-state index is -3.31. The second kappa shape index (κ2) is 12.1. The van der Waals surface area contributed by atoms with Crippen LogP contribution in [0.1, 0.15) is 33.1 Å². The fraction of sp³-hybridized carbons (Fsp3) is 0.611. The molecule has 0 bridgehead atoms. The molecule has 0 saturated carbocycles. The van der Waals surface area contributed by atoms with Gasteiger partial charge in [-0.2, -0.15) is 11.8 Å². The molecule has 1 heterocycles. The molecule has 2 N–H and O–H groups in total. The Labute approximate surface area is 179 Å². The second-order valence-electron chi connectivity index (χ2n) is 6.20. The monoisotopic (exact) mass is 511 g/mol. The van der Waals surface area contributed by atoms with Crippen LogP contribution in [0.25, 0.3) is 0 Å². The SMILES string of the molecule is CCNC(=NCC1CCCS1)NC(CC)CS(=O)(=O)c1ccccc1.I. The molecular formula is C18H30IN3O2S2.